The summed E-state index contributed by atoms with van der Waals surface area (Å²) in [6.45, 7) is 0. The molecule has 144 valence electrons. The highest BCUT2D eigenvalue weighted by Crippen LogP contribution is 2.31. The van der Waals surface area contributed by atoms with E-state index < -0.39 is 21.8 Å². The Morgan fingerprint density at radius 2 is 2.00 bits per heavy atom. The minimum Gasteiger partial charge on any atom is -0.497 e. The molecule has 0 aliphatic carbocycles. The largest absolute Gasteiger partial charge is 0.497 e. The summed E-state index contributed by atoms with van der Waals surface area (Å²) in [6.07, 6.45) is 1.67. The van der Waals surface area contributed by atoms with Crippen molar-refractivity contribution in [3.63, 3.8) is 0 Å². The summed E-state index contributed by atoms with van der Waals surface area (Å²) in [7, 11) is 0.0289. The van der Waals surface area contributed by atoms with Crippen molar-refractivity contribution in [3.8, 4) is 11.5 Å². The Bertz CT molecular complexity index is 948. The van der Waals surface area contributed by atoms with Crippen molar-refractivity contribution in [2.24, 2.45) is 0 Å². The third-order valence-electron chi connectivity index (χ3n) is 4.14. The van der Waals surface area contributed by atoms with Gasteiger partial charge in [0.1, 0.15) is 29.3 Å². The first-order chi connectivity index (χ1) is 12.9. The van der Waals surface area contributed by atoms with Crippen LogP contribution in [0, 0.1) is 0 Å². The highest BCUT2D eigenvalue weighted by atomic mass is 32.2. The third kappa shape index (κ3) is 4.64. The molecule has 9 nitrogen and oxygen atoms in total. The van der Waals surface area contributed by atoms with Gasteiger partial charge in [-0.3, -0.25) is 4.79 Å². The molecule has 1 aromatic carbocycles. The SMILES string of the molecule is COc1ccc(Nc2cc(C(=O)NC3CCS(=O)(=O)C3)ncn2)c(OC)c1. The summed E-state index contributed by atoms with van der Waals surface area (Å²) in [5.41, 5.74) is 0.787. The van der Waals surface area contributed by atoms with Crippen molar-refractivity contribution in [3.05, 3.63) is 36.3 Å². The smallest absolute Gasteiger partial charge is 0.270 e. The highest BCUT2D eigenvalue weighted by molar-refractivity contribution is 7.91. The van der Waals surface area contributed by atoms with Gasteiger partial charge in [-0.25, -0.2) is 18.4 Å². The second-order valence-electron chi connectivity index (χ2n) is 6.05. The fourth-order valence-electron chi connectivity index (χ4n) is 2.76. The predicted molar refractivity (Wildman–Crippen MR) is 99.4 cm³/mol. The number of ether oxygens (including phenoxy) is 2. The summed E-state index contributed by atoms with van der Waals surface area (Å²) < 4.78 is 33.5. The number of nitrogens with zero attached hydrogens (tertiary/aromatic N) is 2. The number of benzene rings is 1. The number of carbonyl (C=O) groups is 1. The van der Waals surface area contributed by atoms with E-state index in [1.165, 1.54) is 19.5 Å². The Balaban J connectivity index is 1.73. The van der Waals surface area contributed by atoms with Crippen molar-refractivity contribution in [2.45, 2.75) is 12.5 Å². The van der Waals surface area contributed by atoms with E-state index >= 15 is 0 Å². The Morgan fingerprint density at radius 3 is 2.67 bits per heavy atom. The van der Waals surface area contributed by atoms with E-state index in [0.29, 0.717) is 29.4 Å². The van der Waals surface area contributed by atoms with Crippen molar-refractivity contribution in [2.75, 3.05) is 31.0 Å². The van der Waals surface area contributed by atoms with Gasteiger partial charge in [-0.2, -0.15) is 0 Å². The first-order valence-corrected chi connectivity index (χ1v) is 10.0. The Hall–Kier alpha value is -2.88. The maximum absolute atomic E-state index is 12.4. The van der Waals surface area contributed by atoms with E-state index in [4.69, 9.17) is 9.47 Å². The number of aromatic nitrogens is 2. The van der Waals surface area contributed by atoms with Gasteiger partial charge in [0.25, 0.3) is 5.91 Å². The molecular formula is C17H20N4O5S. The van der Waals surface area contributed by atoms with Crippen LogP contribution >= 0.6 is 0 Å². The normalized spacial score (nSPS) is 17.9. The van der Waals surface area contributed by atoms with Crippen LogP contribution in [0.1, 0.15) is 16.9 Å². The van der Waals surface area contributed by atoms with Gasteiger partial charge in [0.05, 0.1) is 31.4 Å². The number of sulfone groups is 1. The lowest BCUT2D eigenvalue weighted by Gasteiger charge is -2.13. The molecule has 3 rings (SSSR count). The van der Waals surface area contributed by atoms with Gasteiger partial charge in [0.2, 0.25) is 0 Å². The predicted octanol–water partition coefficient (Wildman–Crippen LogP) is 1.15. The second kappa shape index (κ2) is 7.78. The fourth-order valence-corrected chi connectivity index (χ4v) is 4.43. The lowest BCUT2D eigenvalue weighted by molar-refractivity contribution is 0.0936. The van der Waals surface area contributed by atoms with Crippen molar-refractivity contribution >= 4 is 27.2 Å². The first-order valence-electron chi connectivity index (χ1n) is 8.22. The van der Waals surface area contributed by atoms with E-state index in [-0.39, 0.29) is 17.2 Å². The van der Waals surface area contributed by atoms with Gasteiger partial charge >= 0.3 is 0 Å². The number of amides is 1. The molecule has 1 amide bonds. The second-order valence-corrected chi connectivity index (χ2v) is 8.28. The number of rotatable bonds is 6. The molecule has 10 heteroatoms. The topological polar surface area (TPSA) is 120 Å². The number of anilines is 2. The summed E-state index contributed by atoms with van der Waals surface area (Å²) in [5.74, 6) is 1.20. The van der Waals surface area contributed by atoms with Gasteiger partial charge in [-0.05, 0) is 18.6 Å². The molecule has 1 fully saturated rings. The summed E-state index contributed by atoms with van der Waals surface area (Å²) in [6, 6.07) is 6.35. The zero-order valence-electron chi connectivity index (χ0n) is 14.9. The fraction of sp³-hybridized carbons (Fsp3) is 0.353. The van der Waals surface area contributed by atoms with E-state index in [0.717, 1.165) is 0 Å². The van der Waals surface area contributed by atoms with Gasteiger partial charge in [0.15, 0.2) is 9.84 Å². The maximum Gasteiger partial charge on any atom is 0.270 e. The van der Waals surface area contributed by atoms with Crippen LogP contribution in [0.25, 0.3) is 0 Å². The van der Waals surface area contributed by atoms with Crippen molar-refractivity contribution in [1.29, 1.82) is 0 Å². The average Bonchev–Trinajstić information content (AvgIpc) is 3.00. The molecule has 0 spiro atoms. The molecule has 1 saturated heterocycles. The molecule has 1 atom stereocenters. The molecule has 2 aromatic rings. The molecule has 0 bridgehead atoms. The standard InChI is InChI=1S/C17H20N4O5S/c1-25-12-3-4-13(15(7-12)26-2)21-16-8-14(18-10-19-16)17(22)20-11-5-6-27(23,24)9-11/h3-4,7-8,10-11H,5-6,9H2,1-2H3,(H,20,22)(H,18,19,21). The van der Waals surface area contributed by atoms with E-state index in [1.807, 2.05) is 0 Å². The van der Waals surface area contributed by atoms with Crippen LogP contribution in [0.5, 0.6) is 11.5 Å². The lowest BCUT2D eigenvalue weighted by Crippen LogP contribution is -2.36. The first kappa shape index (κ1) is 18.9. The number of nitrogens with one attached hydrogen (secondary N) is 2. The Morgan fingerprint density at radius 1 is 1.19 bits per heavy atom. The molecule has 1 unspecified atom stereocenters. The number of carbonyl (C=O) groups excluding carboxylic acids is 1. The zero-order chi connectivity index (χ0) is 19.4. The van der Waals surface area contributed by atoms with E-state index in [1.54, 1.807) is 25.3 Å². The minimum atomic E-state index is -3.07. The van der Waals surface area contributed by atoms with Crippen LogP contribution in [0.4, 0.5) is 11.5 Å². The number of hydrogen-bond donors (Lipinski definition) is 2. The van der Waals surface area contributed by atoms with Crippen LogP contribution < -0.4 is 20.1 Å². The Labute approximate surface area is 157 Å². The van der Waals surface area contributed by atoms with Crippen molar-refractivity contribution < 1.29 is 22.7 Å². The number of hydrogen-bond acceptors (Lipinski definition) is 8. The van der Waals surface area contributed by atoms with Crippen LogP contribution in [-0.2, 0) is 9.84 Å². The molecule has 0 radical (unpaired) electrons. The lowest BCUT2D eigenvalue weighted by atomic mass is 10.2. The summed E-state index contributed by atoms with van der Waals surface area (Å²) in [4.78, 5) is 20.4. The Kier molecular flexibility index (Phi) is 5.45. The van der Waals surface area contributed by atoms with E-state index in [2.05, 4.69) is 20.6 Å². The molecular weight excluding hydrogens is 372 g/mol. The third-order valence-corrected chi connectivity index (χ3v) is 5.91. The minimum absolute atomic E-state index is 0.0437. The van der Waals surface area contributed by atoms with Crippen LogP contribution in [-0.4, -0.2) is 56.1 Å². The molecule has 2 heterocycles. The molecule has 2 N–H and O–H groups in total. The molecule has 1 aromatic heterocycles. The van der Waals surface area contributed by atoms with E-state index in [9.17, 15) is 13.2 Å². The quantitative estimate of drug-likeness (QED) is 0.751. The van der Waals surface area contributed by atoms with Gasteiger partial charge in [-0.1, -0.05) is 0 Å². The zero-order valence-corrected chi connectivity index (χ0v) is 15.7. The summed E-state index contributed by atoms with van der Waals surface area (Å²) >= 11 is 0. The van der Waals surface area contributed by atoms with Crippen LogP contribution in [0.2, 0.25) is 0 Å². The van der Waals surface area contributed by atoms with Gasteiger partial charge in [-0.15, -0.1) is 0 Å². The summed E-state index contributed by atoms with van der Waals surface area (Å²) in [5, 5.41) is 5.77. The molecule has 27 heavy (non-hydrogen) atoms. The van der Waals surface area contributed by atoms with Gasteiger partial charge in [0, 0.05) is 18.2 Å². The highest BCUT2D eigenvalue weighted by Gasteiger charge is 2.29. The van der Waals surface area contributed by atoms with Crippen LogP contribution in [0.15, 0.2) is 30.6 Å². The average molecular weight is 392 g/mol. The van der Waals surface area contributed by atoms with Crippen molar-refractivity contribution in [1.82, 2.24) is 15.3 Å². The number of methoxy groups -OCH3 is 2. The molecule has 1 aliphatic rings. The molecule has 1 aliphatic heterocycles. The molecule has 0 saturated carbocycles. The monoisotopic (exact) mass is 392 g/mol. The maximum atomic E-state index is 12.4. The van der Waals surface area contributed by atoms with Gasteiger partial charge < -0.3 is 20.1 Å². The van der Waals surface area contributed by atoms with Crippen LogP contribution in [0.3, 0.4) is 0 Å².